The highest BCUT2D eigenvalue weighted by molar-refractivity contribution is 5.82. The van der Waals surface area contributed by atoms with Gasteiger partial charge in [0.2, 0.25) is 0 Å². The molecule has 0 spiro atoms. The summed E-state index contributed by atoms with van der Waals surface area (Å²) in [4.78, 5) is 10.7. The molecule has 86 valence electrons. The van der Waals surface area contributed by atoms with Gasteiger partial charge in [0.05, 0.1) is 5.56 Å². The fourth-order valence-electron chi connectivity index (χ4n) is 1.65. The molecule has 0 aliphatic carbocycles. The van der Waals surface area contributed by atoms with Crippen molar-refractivity contribution in [3.05, 3.63) is 53.3 Å². The van der Waals surface area contributed by atoms with Gasteiger partial charge in [-0.1, -0.05) is 12.1 Å². The first kappa shape index (κ1) is 11.3. The van der Waals surface area contributed by atoms with Gasteiger partial charge in [-0.25, -0.2) is 4.39 Å². The minimum atomic E-state index is -0.261. The van der Waals surface area contributed by atoms with E-state index in [4.69, 9.17) is 0 Å². The van der Waals surface area contributed by atoms with Crippen molar-refractivity contribution in [2.75, 3.05) is 0 Å². The number of aryl methyl sites for hydroxylation is 1. The first-order valence-corrected chi connectivity index (χ1v) is 5.16. The van der Waals surface area contributed by atoms with Gasteiger partial charge in [0.25, 0.3) is 0 Å². The zero-order valence-corrected chi connectivity index (χ0v) is 9.27. The van der Waals surface area contributed by atoms with E-state index in [0.29, 0.717) is 11.8 Å². The monoisotopic (exact) mass is 230 g/mol. The number of aldehydes is 1. The van der Waals surface area contributed by atoms with Crippen molar-refractivity contribution < 1.29 is 14.3 Å². The quantitative estimate of drug-likeness (QED) is 0.803. The van der Waals surface area contributed by atoms with Crippen molar-refractivity contribution in [3.63, 3.8) is 0 Å². The van der Waals surface area contributed by atoms with Gasteiger partial charge >= 0.3 is 0 Å². The lowest BCUT2D eigenvalue weighted by Crippen LogP contribution is -1.87. The number of benzene rings is 2. The SMILES string of the molecule is Cc1cc(-c2ccc(O)c(C=O)c2)ccc1F. The van der Waals surface area contributed by atoms with E-state index in [1.165, 1.54) is 12.1 Å². The van der Waals surface area contributed by atoms with Gasteiger partial charge in [0.1, 0.15) is 11.6 Å². The summed E-state index contributed by atoms with van der Waals surface area (Å²) in [7, 11) is 0. The molecule has 0 aliphatic rings. The standard InChI is InChI=1S/C14H11FO2/c1-9-6-10(2-4-13(9)15)11-3-5-14(17)12(7-11)8-16/h2-8,17H,1H3. The Kier molecular flexibility index (Phi) is 2.91. The number of phenolic OH excluding ortho intramolecular Hbond substituents is 1. The molecule has 0 amide bonds. The van der Waals surface area contributed by atoms with Crippen LogP contribution in [0.25, 0.3) is 11.1 Å². The average molecular weight is 230 g/mol. The highest BCUT2D eigenvalue weighted by Gasteiger charge is 2.05. The predicted octanol–water partition coefficient (Wildman–Crippen LogP) is 3.32. The molecule has 2 rings (SSSR count). The molecular formula is C14H11FO2. The van der Waals surface area contributed by atoms with Crippen LogP contribution in [-0.2, 0) is 0 Å². The molecule has 0 fully saturated rings. The van der Waals surface area contributed by atoms with E-state index < -0.39 is 0 Å². The summed E-state index contributed by atoms with van der Waals surface area (Å²) in [6.45, 7) is 1.68. The maximum Gasteiger partial charge on any atom is 0.153 e. The Morgan fingerprint density at radius 1 is 1.12 bits per heavy atom. The Balaban J connectivity index is 2.52. The van der Waals surface area contributed by atoms with Gasteiger partial charge in [0.15, 0.2) is 6.29 Å². The van der Waals surface area contributed by atoms with Gasteiger partial charge in [-0.2, -0.15) is 0 Å². The number of rotatable bonds is 2. The molecule has 0 saturated carbocycles. The Morgan fingerprint density at radius 2 is 1.76 bits per heavy atom. The maximum atomic E-state index is 13.1. The summed E-state index contributed by atoms with van der Waals surface area (Å²) in [5, 5.41) is 9.39. The summed E-state index contributed by atoms with van der Waals surface area (Å²) < 4.78 is 13.1. The van der Waals surface area contributed by atoms with Crippen LogP contribution < -0.4 is 0 Å². The Labute approximate surface area is 98.3 Å². The molecule has 17 heavy (non-hydrogen) atoms. The van der Waals surface area contributed by atoms with Crippen LogP contribution in [0.2, 0.25) is 0 Å². The molecule has 0 heterocycles. The van der Waals surface area contributed by atoms with E-state index in [-0.39, 0.29) is 17.1 Å². The van der Waals surface area contributed by atoms with Crippen LogP contribution in [0.15, 0.2) is 36.4 Å². The van der Waals surface area contributed by atoms with Crippen LogP contribution in [0.5, 0.6) is 5.75 Å². The van der Waals surface area contributed by atoms with Crippen LogP contribution in [0, 0.1) is 12.7 Å². The van der Waals surface area contributed by atoms with Crippen molar-refractivity contribution in [2.24, 2.45) is 0 Å². The molecule has 0 bridgehead atoms. The number of phenols is 1. The second-order valence-corrected chi connectivity index (χ2v) is 3.86. The Hall–Kier alpha value is -2.16. The zero-order valence-electron chi connectivity index (χ0n) is 9.27. The van der Waals surface area contributed by atoms with Crippen LogP contribution in [0.1, 0.15) is 15.9 Å². The van der Waals surface area contributed by atoms with Crippen LogP contribution in [0.4, 0.5) is 4.39 Å². The molecule has 0 radical (unpaired) electrons. The number of hydrogen-bond donors (Lipinski definition) is 1. The van der Waals surface area contributed by atoms with E-state index in [1.54, 1.807) is 31.2 Å². The number of carbonyl (C=O) groups excluding carboxylic acids is 1. The largest absolute Gasteiger partial charge is 0.507 e. The molecule has 0 aromatic heterocycles. The first-order valence-electron chi connectivity index (χ1n) is 5.16. The summed E-state index contributed by atoms with van der Waals surface area (Å²) in [5.41, 5.74) is 2.35. The van der Waals surface area contributed by atoms with Crippen molar-refractivity contribution >= 4 is 6.29 Å². The summed E-state index contributed by atoms with van der Waals surface area (Å²) in [6, 6.07) is 9.46. The number of aromatic hydroxyl groups is 1. The maximum absolute atomic E-state index is 13.1. The third-order valence-electron chi connectivity index (χ3n) is 2.65. The first-order chi connectivity index (χ1) is 8.11. The summed E-state index contributed by atoms with van der Waals surface area (Å²) >= 11 is 0. The molecule has 0 saturated heterocycles. The number of carbonyl (C=O) groups is 1. The van der Waals surface area contributed by atoms with Gasteiger partial charge in [-0.15, -0.1) is 0 Å². The van der Waals surface area contributed by atoms with Crippen LogP contribution in [0.3, 0.4) is 0 Å². The molecular weight excluding hydrogens is 219 g/mol. The third kappa shape index (κ3) is 2.18. The second-order valence-electron chi connectivity index (χ2n) is 3.86. The smallest absolute Gasteiger partial charge is 0.153 e. The number of halogens is 1. The van der Waals surface area contributed by atoms with E-state index in [0.717, 1.165) is 11.1 Å². The lowest BCUT2D eigenvalue weighted by molar-refractivity contribution is 0.112. The predicted molar refractivity (Wildman–Crippen MR) is 63.6 cm³/mol. The van der Waals surface area contributed by atoms with Crippen LogP contribution >= 0.6 is 0 Å². The van der Waals surface area contributed by atoms with Crippen molar-refractivity contribution in [2.45, 2.75) is 6.92 Å². The molecule has 2 aromatic carbocycles. The average Bonchev–Trinajstić information content (AvgIpc) is 2.33. The lowest BCUT2D eigenvalue weighted by atomic mass is 10.0. The summed E-state index contributed by atoms with van der Waals surface area (Å²) in [5.74, 6) is -0.314. The Bertz CT molecular complexity index is 576. The fourth-order valence-corrected chi connectivity index (χ4v) is 1.65. The molecule has 2 nitrogen and oxygen atoms in total. The normalized spacial score (nSPS) is 10.2. The molecule has 1 N–H and O–H groups in total. The van der Waals surface area contributed by atoms with E-state index in [9.17, 15) is 14.3 Å². The summed E-state index contributed by atoms with van der Waals surface area (Å²) in [6.07, 6.45) is 0.592. The highest BCUT2D eigenvalue weighted by Crippen LogP contribution is 2.26. The fraction of sp³-hybridized carbons (Fsp3) is 0.0714. The minimum Gasteiger partial charge on any atom is -0.507 e. The molecule has 3 heteroatoms. The topological polar surface area (TPSA) is 37.3 Å². The van der Waals surface area contributed by atoms with Gasteiger partial charge in [-0.05, 0) is 47.9 Å². The van der Waals surface area contributed by atoms with E-state index in [2.05, 4.69) is 0 Å². The molecule has 2 aromatic rings. The highest BCUT2D eigenvalue weighted by atomic mass is 19.1. The van der Waals surface area contributed by atoms with Gasteiger partial charge in [-0.3, -0.25) is 4.79 Å². The molecule has 0 aliphatic heterocycles. The van der Waals surface area contributed by atoms with Gasteiger partial charge in [0, 0.05) is 0 Å². The molecule has 0 atom stereocenters. The zero-order chi connectivity index (χ0) is 12.4. The van der Waals surface area contributed by atoms with Gasteiger partial charge < -0.3 is 5.11 Å². The van der Waals surface area contributed by atoms with Crippen molar-refractivity contribution in [1.82, 2.24) is 0 Å². The number of hydrogen-bond acceptors (Lipinski definition) is 2. The van der Waals surface area contributed by atoms with Crippen molar-refractivity contribution in [3.8, 4) is 16.9 Å². The third-order valence-corrected chi connectivity index (χ3v) is 2.65. The van der Waals surface area contributed by atoms with E-state index >= 15 is 0 Å². The second kappa shape index (κ2) is 4.37. The molecule has 0 unspecified atom stereocenters. The van der Waals surface area contributed by atoms with Crippen molar-refractivity contribution in [1.29, 1.82) is 0 Å². The van der Waals surface area contributed by atoms with Crippen LogP contribution in [-0.4, -0.2) is 11.4 Å². The minimum absolute atomic E-state index is 0.0532. The lowest BCUT2D eigenvalue weighted by Gasteiger charge is -2.05. The Morgan fingerprint density at radius 3 is 2.41 bits per heavy atom. The van der Waals surface area contributed by atoms with E-state index in [1.807, 2.05) is 0 Å².